The number of esters is 1. The van der Waals surface area contributed by atoms with Gasteiger partial charge in [-0.15, -0.1) is 0 Å². The van der Waals surface area contributed by atoms with Crippen LogP contribution in [0.15, 0.2) is 54.6 Å². The molecule has 15 heteroatoms. The molecular formula is C41H58O13SSi. The highest BCUT2D eigenvalue weighted by Gasteiger charge is 2.68. The molecule has 0 spiro atoms. The van der Waals surface area contributed by atoms with Crippen molar-refractivity contribution >= 4 is 42.3 Å². The maximum absolute atomic E-state index is 15.8. The molecule has 0 aromatic heterocycles. The van der Waals surface area contributed by atoms with Gasteiger partial charge in [0.1, 0.15) is 42.6 Å². The maximum Gasteiger partial charge on any atom is 0.338 e. The van der Waals surface area contributed by atoms with Gasteiger partial charge < -0.3 is 33.6 Å². The highest BCUT2D eigenvalue weighted by Crippen LogP contribution is 2.54. The number of hydrogen-bond donors (Lipinski definition) is 2. The van der Waals surface area contributed by atoms with E-state index in [1.807, 2.05) is 33.9 Å². The van der Waals surface area contributed by atoms with E-state index in [1.165, 1.54) is 26.2 Å². The zero-order chi connectivity index (χ0) is 42.1. The van der Waals surface area contributed by atoms with E-state index in [4.69, 9.17) is 22.8 Å². The average Bonchev–Trinajstić information content (AvgIpc) is 3.12. The lowest BCUT2D eigenvalue weighted by Crippen LogP contribution is -2.71. The summed E-state index contributed by atoms with van der Waals surface area (Å²) in [6.45, 7) is 13.6. The monoisotopic (exact) mass is 818 g/mol. The molecule has 8 atom stereocenters. The summed E-state index contributed by atoms with van der Waals surface area (Å²) in [5, 5.41) is 23.5. The van der Waals surface area contributed by atoms with Gasteiger partial charge >= 0.3 is 5.97 Å². The Hall–Kier alpha value is -3.31. The summed E-state index contributed by atoms with van der Waals surface area (Å²) >= 11 is 0. The van der Waals surface area contributed by atoms with Crippen LogP contribution < -0.4 is 4.74 Å². The van der Waals surface area contributed by atoms with Gasteiger partial charge in [0.25, 0.3) is 10.1 Å². The molecule has 13 nitrogen and oxygen atoms in total. The van der Waals surface area contributed by atoms with Gasteiger partial charge in [0.2, 0.25) is 0 Å². The number of aldehydes is 1. The number of hydrogen-bond acceptors (Lipinski definition) is 13. The molecule has 0 amide bonds. The molecule has 2 aliphatic rings. The molecule has 0 bridgehead atoms. The smallest absolute Gasteiger partial charge is 0.338 e. The molecule has 4 rings (SSSR count). The number of ketones is 2. The first kappa shape index (κ1) is 45.4. The van der Waals surface area contributed by atoms with Crippen LogP contribution in [0.3, 0.4) is 0 Å². The molecule has 0 aliphatic heterocycles. The molecule has 2 saturated carbocycles. The van der Waals surface area contributed by atoms with Crippen molar-refractivity contribution in [3.63, 3.8) is 0 Å². The molecule has 2 aromatic rings. The van der Waals surface area contributed by atoms with Crippen molar-refractivity contribution in [2.24, 2.45) is 22.7 Å². The Kier molecular flexibility index (Phi) is 13.7. The SMILES string of the molecule is COc1ccc(CO[C@@H](C(=O)[C@]2(C)[C@@H](O[Si](C)(C)C(C)(C)C)C[C@H](OS(C)(=O)=O)[C@@](O)(COC(=O)c3ccccc3)[C@H]2C=O)C2CCC(=O)[C@@H](O)C2(C)C)cc1. The molecule has 310 valence electrons. The summed E-state index contributed by atoms with van der Waals surface area (Å²) in [6, 6.07) is 14.9. The zero-order valence-corrected chi connectivity index (χ0v) is 35.9. The van der Waals surface area contributed by atoms with E-state index in [-0.39, 0.29) is 30.8 Å². The predicted octanol–water partition coefficient (Wildman–Crippen LogP) is 5.06. The minimum absolute atomic E-state index is 0.0354. The molecule has 1 unspecified atom stereocenters. The summed E-state index contributed by atoms with van der Waals surface area (Å²) in [5.41, 5.74) is -4.93. The third-order valence-electron chi connectivity index (χ3n) is 12.4. The van der Waals surface area contributed by atoms with Gasteiger partial charge in [-0.3, -0.25) is 13.8 Å². The van der Waals surface area contributed by atoms with Crippen LogP contribution >= 0.6 is 0 Å². The molecule has 0 radical (unpaired) electrons. The fourth-order valence-electron chi connectivity index (χ4n) is 7.75. The van der Waals surface area contributed by atoms with Crippen LogP contribution in [0.4, 0.5) is 0 Å². The van der Waals surface area contributed by atoms with Crippen molar-refractivity contribution in [1.82, 2.24) is 0 Å². The lowest BCUT2D eigenvalue weighted by atomic mass is 9.54. The fraction of sp³-hybridized carbons (Fsp3) is 0.610. The van der Waals surface area contributed by atoms with Gasteiger partial charge in [-0.1, -0.05) is 65.0 Å². The van der Waals surface area contributed by atoms with E-state index in [0.717, 1.165) is 6.26 Å². The quantitative estimate of drug-likeness (QED) is 0.105. The van der Waals surface area contributed by atoms with Gasteiger partial charge in [0.15, 0.2) is 19.9 Å². The number of Topliss-reactive ketones (excluding diaryl/α,β-unsaturated/α-hetero) is 2. The summed E-state index contributed by atoms with van der Waals surface area (Å²) in [6.07, 6.45) is -4.85. The average molecular weight is 819 g/mol. The van der Waals surface area contributed by atoms with Gasteiger partial charge in [-0.2, -0.15) is 8.42 Å². The molecule has 2 N–H and O–H groups in total. The van der Waals surface area contributed by atoms with Gasteiger partial charge in [-0.25, -0.2) is 4.79 Å². The molecule has 2 fully saturated rings. The van der Waals surface area contributed by atoms with Crippen LogP contribution in [0.2, 0.25) is 18.1 Å². The Balaban J connectivity index is 1.93. The zero-order valence-electron chi connectivity index (χ0n) is 34.1. The highest BCUT2D eigenvalue weighted by atomic mass is 32.2. The van der Waals surface area contributed by atoms with Gasteiger partial charge in [0, 0.05) is 24.2 Å². The number of aliphatic hydroxyl groups is 2. The minimum Gasteiger partial charge on any atom is -0.497 e. The Bertz CT molecular complexity index is 1840. The van der Waals surface area contributed by atoms with Gasteiger partial charge in [0.05, 0.1) is 43.0 Å². The minimum atomic E-state index is -4.31. The molecule has 0 heterocycles. The van der Waals surface area contributed by atoms with Crippen molar-refractivity contribution in [1.29, 1.82) is 0 Å². The van der Waals surface area contributed by atoms with Crippen molar-refractivity contribution in [3.8, 4) is 5.75 Å². The van der Waals surface area contributed by atoms with E-state index in [2.05, 4.69) is 0 Å². The van der Waals surface area contributed by atoms with E-state index < -0.39 is 101 Å². The number of aliphatic hydroxyl groups excluding tert-OH is 1. The van der Waals surface area contributed by atoms with Gasteiger partial charge in [-0.05, 0) is 61.3 Å². The molecule has 0 saturated heterocycles. The predicted molar refractivity (Wildman–Crippen MR) is 210 cm³/mol. The second-order valence-electron chi connectivity index (χ2n) is 17.5. The van der Waals surface area contributed by atoms with Crippen molar-refractivity contribution in [2.75, 3.05) is 20.0 Å². The number of methoxy groups -OCH3 is 1. The number of carbonyl (C=O) groups is 4. The largest absolute Gasteiger partial charge is 0.497 e. The second-order valence-corrected chi connectivity index (χ2v) is 23.9. The summed E-state index contributed by atoms with van der Waals surface area (Å²) < 4.78 is 55.5. The second kappa shape index (κ2) is 16.9. The Morgan fingerprint density at radius 2 is 1.62 bits per heavy atom. The third-order valence-corrected chi connectivity index (χ3v) is 17.4. The van der Waals surface area contributed by atoms with E-state index in [9.17, 15) is 33.0 Å². The fourth-order valence-corrected chi connectivity index (χ4v) is 9.82. The summed E-state index contributed by atoms with van der Waals surface area (Å²) in [4.78, 5) is 55.5. The summed E-state index contributed by atoms with van der Waals surface area (Å²) in [5.74, 6) is -3.87. The first-order valence-electron chi connectivity index (χ1n) is 18.8. The first-order valence-corrected chi connectivity index (χ1v) is 23.5. The topological polar surface area (TPSA) is 189 Å². The Morgan fingerprint density at radius 1 is 1.02 bits per heavy atom. The molecule has 56 heavy (non-hydrogen) atoms. The van der Waals surface area contributed by atoms with E-state index in [0.29, 0.717) is 17.6 Å². The molecular weight excluding hydrogens is 761 g/mol. The third kappa shape index (κ3) is 9.35. The van der Waals surface area contributed by atoms with Crippen LogP contribution in [0.1, 0.15) is 76.7 Å². The van der Waals surface area contributed by atoms with Crippen LogP contribution in [0.5, 0.6) is 5.75 Å². The van der Waals surface area contributed by atoms with E-state index in [1.54, 1.807) is 56.3 Å². The van der Waals surface area contributed by atoms with E-state index >= 15 is 4.79 Å². The lowest BCUT2D eigenvalue weighted by Gasteiger charge is -2.57. The van der Waals surface area contributed by atoms with Crippen LogP contribution in [0.25, 0.3) is 0 Å². The van der Waals surface area contributed by atoms with Crippen LogP contribution in [0, 0.1) is 22.7 Å². The van der Waals surface area contributed by atoms with Crippen molar-refractivity contribution in [2.45, 2.75) is 116 Å². The Morgan fingerprint density at radius 3 is 2.16 bits per heavy atom. The lowest BCUT2D eigenvalue weighted by molar-refractivity contribution is -0.218. The number of benzene rings is 2. The highest BCUT2D eigenvalue weighted by molar-refractivity contribution is 7.86. The molecule has 2 aromatic carbocycles. The maximum atomic E-state index is 15.8. The standard InChI is InChI=1S/C41H58O13SSi/c1-38(2,3)56(9,10)54-32-22-33(53-55(8,48)49)41(47,25-52-37(46)27-14-12-11-13-15-27)31(23-42)40(32,6)36(45)34(29-20-21-30(43)35(44)39(29,4)5)51-24-26-16-18-28(50-7)19-17-26/h11-19,23,29,31-35,44,47H,20-22,24-25H2,1-10H3/t29?,31-,32-,33-,34+,35+,40-,41+/m0/s1. The first-order chi connectivity index (χ1) is 25.8. The van der Waals surface area contributed by atoms with Crippen LogP contribution in [-0.2, 0) is 49.2 Å². The van der Waals surface area contributed by atoms with Crippen molar-refractivity contribution in [3.05, 3.63) is 65.7 Å². The number of ether oxygens (including phenoxy) is 3. The summed E-state index contributed by atoms with van der Waals surface area (Å²) in [7, 11) is -5.65. The number of rotatable bonds is 15. The Labute approximate surface area is 331 Å². The van der Waals surface area contributed by atoms with Crippen LogP contribution in [-0.4, -0.2) is 101 Å². The number of carbonyl (C=O) groups excluding carboxylic acids is 4. The van der Waals surface area contributed by atoms with Crippen molar-refractivity contribution < 1.29 is 60.6 Å². The normalized spacial score (nSPS) is 28.9. The molecule has 2 aliphatic carbocycles.